The monoisotopic (exact) mass is 245 g/mol. The minimum atomic E-state index is -1.41. The molecule has 9 heteroatoms. The summed E-state index contributed by atoms with van der Waals surface area (Å²) in [5, 5.41) is 31.5. The Bertz CT molecular complexity index is 510. The van der Waals surface area contributed by atoms with Crippen molar-refractivity contribution in [3.8, 4) is 0 Å². The molecule has 4 atom stereocenters. The molecule has 2 rings (SSSR count). The van der Waals surface area contributed by atoms with E-state index in [2.05, 4.69) is 5.10 Å². The molecule has 0 bridgehead atoms. The van der Waals surface area contributed by atoms with Crippen LogP contribution in [0.2, 0.25) is 0 Å². The first-order valence-electron chi connectivity index (χ1n) is 4.85. The molecule has 1 saturated heterocycles. The molecule has 1 aliphatic rings. The molecule has 0 saturated carbocycles. The highest BCUT2D eigenvalue weighted by molar-refractivity contribution is 4.88. The number of aliphatic hydroxyl groups is 3. The van der Waals surface area contributed by atoms with Gasteiger partial charge >= 0.3 is 5.69 Å². The lowest BCUT2D eigenvalue weighted by atomic mass is 10.1. The number of ether oxygens (including phenoxy) is 1. The summed E-state index contributed by atoms with van der Waals surface area (Å²) in [5.41, 5.74) is -1.55. The molecule has 1 aromatic heterocycles. The maximum Gasteiger partial charge on any atom is 0.347 e. The Labute approximate surface area is 93.9 Å². The van der Waals surface area contributed by atoms with Gasteiger partial charge in [0.15, 0.2) is 6.23 Å². The molecule has 0 spiro atoms. The van der Waals surface area contributed by atoms with Gasteiger partial charge in [0.2, 0.25) is 0 Å². The maximum atomic E-state index is 11.4. The third-order valence-electron chi connectivity index (χ3n) is 2.50. The van der Waals surface area contributed by atoms with Crippen LogP contribution in [-0.4, -0.2) is 55.0 Å². The molecule has 1 aliphatic heterocycles. The predicted octanol–water partition coefficient (Wildman–Crippen LogP) is -3.46. The number of hydrogen-bond acceptors (Lipinski definition) is 7. The minimum absolute atomic E-state index is 0.507. The Morgan fingerprint density at radius 2 is 2.12 bits per heavy atom. The highest BCUT2D eigenvalue weighted by atomic mass is 16.6. The summed E-state index contributed by atoms with van der Waals surface area (Å²) in [6.07, 6.45) is -4.15. The second kappa shape index (κ2) is 4.37. The molecule has 94 valence electrons. The molecule has 0 aromatic carbocycles. The van der Waals surface area contributed by atoms with Crippen molar-refractivity contribution in [3.05, 3.63) is 27.0 Å². The lowest BCUT2D eigenvalue weighted by molar-refractivity contribution is -0.0618. The van der Waals surface area contributed by atoms with Crippen molar-refractivity contribution in [1.82, 2.24) is 14.8 Å². The fourth-order valence-corrected chi connectivity index (χ4v) is 1.63. The number of nitrogens with one attached hydrogen (secondary N) is 1. The van der Waals surface area contributed by atoms with Gasteiger partial charge in [0.05, 0.1) is 6.61 Å². The zero-order valence-electron chi connectivity index (χ0n) is 8.55. The Kier molecular flexibility index (Phi) is 3.07. The number of H-pyrrole nitrogens is 1. The summed E-state index contributed by atoms with van der Waals surface area (Å²) in [4.78, 5) is 24.1. The maximum absolute atomic E-state index is 11.4. The van der Waals surface area contributed by atoms with Gasteiger partial charge in [0.25, 0.3) is 5.56 Å². The van der Waals surface area contributed by atoms with Gasteiger partial charge < -0.3 is 20.1 Å². The number of rotatable bonds is 2. The number of hydrogen-bond donors (Lipinski definition) is 4. The minimum Gasteiger partial charge on any atom is -0.394 e. The van der Waals surface area contributed by atoms with Crippen LogP contribution in [0.25, 0.3) is 0 Å². The van der Waals surface area contributed by atoms with Crippen LogP contribution < -0.4 is 11.2 Å². The molecule has 4 N–H and O–H groups in total. The average Bonchev–Trinajstić information content (AvgIpc) is 2.57. The summed E-state index contributed by atoms with van der Waals surface area (Å²) in [6.45, 7) is -0.507. The van der Waals surface area contributed by atoms with Crippen LogP contribution >= 0.6 is 0 Å². The Morgan fingerprint density at radius 1 is 1.41 bits per heavy atom. The second-order valence-electron chi connectivity index (χ2n) is 3.61. The van der Waals surface area contributed by atoms with Crippen LogP contribution in [0.4, 0.5) is 0 Å². The van der Waals surface area contributed by atoms with Crippen LogP contribution in [-0.2, 0) is 4.74 Å². The normalized spacial score (nSPS) is 32.9. The zero-order valence-corrected chi connectivity index (χ0v) is 8.55. The van der Waals surface area contributed by atoms with Crippen molar-refractivity contribution >= 4 is 0 Å². The van der Waals surface area contributed by atoms with E-state index >= 15 is 0 Å². The zero-order chi connectivity index (χ0) is 12.6. The van der Waals surface area contributed by atoms with Gasteiger partial charge in [0.1, 0.15) is 24.5 Å². The smallest absolute Gasteiger partial charge is 0.347 e. The summed E-state index contributed by atoms with van der Waals surface area (Å²) < 4.78 is 5.77. The van der Waals surface area contributed by atoms with E-state index in [0.717, 1.165) is 6.20 Å². The van der Waals surface area contributed by atoms with E-state index in [1.807, 2.05) is 4.98 Å². The van der Waals surface area contributed by atoms with Crippen molar-refractivity contribution in [1.29, 1.82) is 0 Å². The molecule has 0 aliphatic carbocycles. The van der Waals surface area contributed by atoms with Gasteiger partial charge in [-0.1, -0.05) is 0 Å². The molecular weight excluding hydrogens is 234 g/mol. The Hall–Kier alpha value is -1.55. The van der Waals surface area contributed by atoms with Gasteiger partial charge in [-0.05, 0) is 0 Å². The largest absolute Gasteiger partial charge is 0.394 e. The first kappa shape index (κ1) is 11.9. The predicted molar refractivity (Wildman–Crippen MR) is 52.1 cm³/mol. The Balaban J connectivity index is 2.35. The molecule has 2 unspecified atom stereocenters. The first-order chi connectivity index (χ1) is 8.04. The lowest BCUT2D eigenvalue weighted by Crippen LogP contribution is -2.39. The fraction of sp³-hybridized carbons (Fsp3) is 0.625. The van der Waals surface area contributed by atoms with E-state index in [4.69, 9.17) is 9.84 Å². The third-order valence-corrected chi connectivity index (χ3v) is 2.50. The number of aromatic nitrogens is 3. The van der Waals surface area contributed by atoms with E-state index in [1.54, 1.807) is 0 Å². The summed E-state index contributed by atoms with van der Waals surface area (Å²) >= 11 is 0. The molecule has 1 aromatic rings. The second-order valence-corrected chi connectivity index (χ2v) is 3.61. The summed E-state index contributed by atoms with van der Waals surface area (Å²) in [6, 6.07) is 0. The SMILES string of the molecule is O=c1cnn([C@@H]2O[C@H](CO)C(O)C2O)c(=O)[nH]1. The van der Waals surface area contributed by atoms with Crippen molar-refractivity contribution in [2.75, 3.05) is 6.61 Å². The molecule has 0 radical (unpaired) electrons. The summed E-state index contributed by atoms with van der Waals surface area (Å²) in [5.74, 6) is 0. The van der Waals surface area contributed by atoms with Crippen LogP contribution in [0.1, 0.15) is 6.23 Å². The quantitative estimate of drug-likeness (QED) is 0.425. The first-order valence-corrected chi connectivity index (χ1v) is 4.85. The van der Waals surface area contributed by atoms with Gasteiger partial charge in [-0.15, -0.1) is 0 Å². The van der Waals surface area contributed by atoms with E-state index in [1.165, 1.54) is 0 Å². The van der Waals surface area contributed by atoms with Gasteiger partial charge in [-0.2, -0.15) is 9.78 Å². The average molecular weight is 245 g/mol. The highest BCUT2D eigenvalue weighted by Crippen LogP contribution is 2.27. The van der Waals surface area contributed by atoms with Crippen molar-refractivity contribution in [2.24, 2.45) is 0 Å². The van der Waals surface area contributed by atoms with E-state index < -0.39 is 42.4 Å². The molecular formula is C8H11N3O6. The van der Waals surface area contributed by atoms with Crippen LogP contribution in [0.3, 0.4) is 0 Å². The van der Waals surface area contributed by atoms with Crippen LogP contribution in [0.5, 0.6) is 0 Å². The van der Waals surface area contributed by atoms with E-state index in [-0.39, 0.29) is 0 Å². The van der Waals surface area contributed by atoms with E-state index in [9.17, 15) is 19.8 Å². The molecule has 17 heavy (non-hydrogen) atoms. The fourth-order valence-electron chi connectivity index (χ4n) is 1.63. The van der Waals surface area contributed by atoms with Crippen molar-refractivity contribution in [2.45, 2.75) is 24.5 Å². The number of nitrogens with zero attached hydrogens (tertiary/aromatic N) is 2. The van der Waals surface area contributed by atoms with Gasteiger partial charge in [-0.3, -0.25) is 9.78 Å². The van der Waals surface area contributed by atoms with Crippen LogP contribution in [0, 0.1) is 0 Å². The van der Waals surface area contributed by atoms with Crippen molar-refractivity contribution < 1.29 is 20.1 Å². The van der Waals surface area contributed by atoms with Crippen molar-refractivity contribution in [3.63, 3.8) is 0 Å². The molecule has 1 fully saturated rings. The number of aromatic amines is 1. The summed E-state index contributed by atoms with van der Waals surface area (Å²) in [7, 11) is 0. The molecule has 2 heterocycles. The van der Waals surface area contributed by atoms with Crippen LogP contribution in [0.15, 0.2) is 15.8 Å². The molecule has 9 nitrogen and oxygen atoms in total. The van der Waals surface area contributed by atoms with Gasteiger partial charge in [-0.25, -0.2) is 4.79 Å². The molecule has 0 amide bonds. The third kappa shape index (κ3) is 2.00. The standard InChI is InChI=1S/C8H11N3O6/c12-2-3-5(14)6(15)7(17-3)11-8(16)10-4(13)1-9-11/h1,3,5-7,12,14-15H,2H2,(H,10,13,16)/t3-,5?,6?,7-/m1/s1. The topological polar surface area (TPSA) is 138 Å². The van der Waals surface area contributed by atoms with Gasteiger partial charge in [0, 0.05) is 0 Å². The van der Waals surface area contributed by atoms with E-state index in [0.29, 0.717) is 4.68 Å². The number of aliphatic hydroxyl groups excluding tert-OH is 3. The Morgan fingerprint density at radius 3 is 2.65 bits per heavy atom. The highest BCUT2D eigenvalue weighted by Gasteiger charge is 2.44. The lowest BCUT2D eigenvalue weighted by Gasteiger charge is -2.14.